The number of nitrogens with two attached hydrogens (primary N) is 1. The quantitative estimate of drug-likeness (QED) is 0.863. The van der Waals surface area contributed by atoms with Gasteiger partial charge < -0.3 is 20.1 Å². The predicted molar refractivity (Wildman–Crippen MR) is 77.2 cm³/mol. The van der Waals surface area contributed by atoms with Gasteiger partial charge in [-0.3, -0.25) is 4.79 Å². The summed E-state index contributed by atoms with van der Waals surface area (Å²) in [6, 6.07) is 5.96. The van der Waals surface area contributed by atoms with Gasteiger partial charge in [-0.2, -0.15) is 13.2 Å². The summed E-state index contributed by atoms with van der Waals surface area (Å²) in [5, 5.41) is 0. The summed E-state index contributed by atoms with van der Waals surface area (Å²) in [7, 11) is 0. The molecule has 1 atom stereocenters. The molecule has 0 bridgehead atoms. The number of ether oxygens (including phenoxy) is 2. The average molecular weight is 332 g/mol. The molecule has 5 nitrogen and oxygen atoms in total. The van der Waals surface area contributed by atoms with Gasteiger partial charge in [-0.1, -0.05) is 12.1 Å². The second-order valence-corrected chi connectivity index (χ2v) is 5.37. The summed E-state index contributed by atoms with van der Waals surface area (Å²) < 4.78 is 46.7. The number of halogens is 3. The summed E-state index contributed by atoms with van der Waals surface area (Å²) in [5.74, 6) is 0.145. The average Bonchev–Trinajstić information content (AvgIpc) is 2.99. The Hall–Kier alpha value is -1.96. The fraction of sp³-hybridized carbons (Fsp3) is 0.533. The van der Waals surface area contributed by atoms with Gasteiger partial charge in [0.1, 0.15) is 0 Å². The van der Waals surface area contributed by atoms with Crippen molar-refractivity contribution in [2.45, 2.75) is 12.6 Å². The Balaban J connectivity index is 1.89. The third kappa shape index (κ3) is 5.31. The van der Waals surface area contributed by atoms with Gasteiger partial charge >= 0.3 is 6.18 Å². The van der Waals surface area contributed by atoms with Crippen LogP contribution in [-0.2, 0) is 4.79 Å². The Morgan fingerprint density at radius 3 is 2.48 bits per heavy atom. The minimum atomic E-state index is -4.43. The van der Waals surface area contributed by atoms with E-state index >= 15 is 0 Å². The second-order valence-electron chi connectivity index (χ2n) is 5.37. The molecule has 1 amide bonds. The molecular weight excluding hydrogens is 313 g/mol. The van der Waals surface area contributed by atoms with E-state index in [-0.39, 0.29) is 24.0 Å². The molecule has 1 heterocycles. The number of hydrogen-bond acceptors (Lipinski definition) is 4. The van der Waals surface area contributed by atoms with Crippen LogP contribution in [0.1, 0.15) is 6.42 Å². The van der Waals surface area contributed by atoms with Crippen molar-refractivity contribution in [2.75, 3.05) is 32.8 Å². The van der Waals surface area contributed by atoms with E-state index in [1.165, 1.54) is 18.2 Å². The molecule has 23 heavy (non-hydrogen) atoms. The smallest absolute Gasteiger partial charge is 0.422 e. The van der Waals surface area contributed by atoms with Crippen LogP contribution in [0.25, 0.3) is 0 Å². The highest BCUT2D eigenvalue weighted by Crippen LogP contribution is 2.28. The monoisotopic (exact) mass is 332 g/mol. The van der Waals surface area contributed by atoms with Crippen molar-refractivity contribution in [3.05, 3.63) is 24.3 Å². The van der Waals surface area contributed by atoms with Crippen molar-refractivity contribution in [1.29, 1.82) is 0 Å². The normalized spacial score (nSPS) is 18.1. The van der Waals surface area contributed by atoms with E-state index in [0.29, 0.717) is 25.6 Å². The third-order valence-electron chi connectivity index (χ3n) is 3.56. The van der Waals surface area contributed by atoms with E-state index < -0.39 is 12.8 Å². The number of likely N-dealkylation sites (tertiary alicyclic amines) is 1. The third-order valence-corrected chi connectivity index (χ3v) is 3.56. The topological polar surface area (TPSA) is 64.8 Å². The highest BCUT2D eigenvalue weighted by molar-refractivity contribution is 5.78. The predicted octanol–water partition coefficient (Wildman–Crippen LogP) is 1.81. The molecule has 1 aromatic carbocycles. The number of para-hydroxylation sites is 2. The van der Waals surface area contributed by atoms with Crippen LogP contribution in [0.5, 0.6) is 11.5 Å². The van der Waals surface area contributed by atoms with Crippen LogP contribution >= 0.6 is 0 Å². The van der Waals surface area contributed by atoms with Gasteiger partial charge in [-0.15, -0.1) is 0 Å². The number of carbonyl (C=O) groups excluding carboxylic acids is 1. The summed E-state index contributed by atoms with van der Waals surface area (Å²) in [4.78, 5) is 13.7. The van der Waals surface area contributed by atoms with Crippen LogP contribution in [0, 0.1) is 5.92 Å². The van der Waals surface area contributed by atoms with Crippen molar-refractivity contribution in [3.8, 4) is 11.5 Å². The molecule has 128 valence electrons. The zero-order valence-electron chi connectivity index (χ0n) is 12.5. The van der Waals surface area contributed by atoms with Crippen molar-refractivity contribution in [2.24, 2.45) is 11.7 Å². The lowest BCUT2D eigenvalue weighted by molar-refractivity contribution is -0.153. The van der Waals surface area contributed by atoms with Crippen molar-refractivity contribution in [1.82, 2.24) is 4.90 Å². The molecule has 1 fully saturated rings. The minimum Gasteiger partial charge on any atom is -0.480 e. The van der Waals surface area contributed by atoms with Gasteiger partial charge in [-0.05, 0) is 31.0 Å². The first kappa shape index (κ1) is 17.4. The molecule has 0 aliphatic carbocycles. The molecule has 0 saturated carbocycles. The molecule has 0 aromatic heterocycles. The largest absolute Gasteiger partial charge is 0.480 e. The zero-order valence-corrected chi connectivity index (χ0v) is 12.5. The Bertz CT molecular complexity index is 537. The number of benzene rings is 1. The van der Waals surface area contributed by atoms with Gasteiger partial charge in [0.05, 0.1) is 0 Å². The molecule has 1 aliphatic rings. The van der Waals surface area contributed by atoms with Crippen LogP contribution in [0.15, 0.2) is 24.3 Å². The molecule has 2 rings (SSSR count). The summed E-state index contributed by atoms with van der Waals surface area (Å²) in [5.41, 5.74) is 5.57. The van der Waals surface area contributed by atoms with Gasteiger partial charge in [0, 0.05) is 13.1 Å². The van der Waals surface area contributed by atoms with Gasteiger partial charge in [0.2, 0.25) is 0 Å². The molecule has 1 aromatic rings. The van der Waals surface area contributed by atoms with Crippen LogP contribution in [0.2, 0.25) is 0 Å². The lowest BCUT2D eigenvalue weighted by Gasteiger charge is -2.18. The number of nitrogens with zero attached hydrogens (tertiary/aromatic N) is 1. The second kappa shape index (κ2) is 7.54. The van der Waals surface area contributed by atoms with Crippen LogP contribution in [0.3, 0.4) is 0 Å². The van der Waals surface area contributed by atoms with Gasteiger partial charge in [-0.25, -0.2) is 0 Å². The number of hydrogen-bond donors (Lipinski definition) is 1. The molecular formula is C15H19F3N2O3. The fourth-order valence-electron chi connectivity index (χ4n) is 2.33. The maximum absolute atomic E-state index is 12.2. The van der Waals surface area contributed by atoms with E-state index in [9.17, 15) is 18.0 Å². The molecule has 8 heteroatoms. The van der Waals surface area contributed by atoms with E-state index in [0.717, 1.165) is 6.42 Å². The molecule has 1 aliphatic heterocycles. The maximum Gasteiger partial charge on any atom is 0.422 e. The first-order valence-corrected chi connectivity index (χ1v) is 7.28. The van der Waals surface area contributed by atoms with E-state index in [1.54, 1.807) is 11.0 Å². The van der Waals surface area contributed by atoms with Crippen molar-refractivity contribution >= 4 is 5.91 Å². The van der Waals surface area contributed by atoms with Crippen LogP contribution in [-0.4, -0.2) is 49.8 Å². The Labute approximate surface area is 132 Å². The highest BCUT2D eigenvalue weighted by Gasteiger charge is 2.29. The summed E-state index contributed by atoms with van der Waals surface area (Å²) in [6.07, 6.45) is -3.58. The standard InChI is InChI=1S/C15H19F3N2O3/c16-15(17,18)10-23-13-4-2-1-3-12(13)22-9-14(21)20-6-5-11(7-19)8-20/h1-4,11H,5-10,19H2/t11-/m1/s1. The molecule has 2 N–H and O–H groups in total. The van der Waals surface area contributed by atoms with E-state index in [2.05, 4.69) is 0 Å². The number of alkyl halides is 3. The van der Waals surface area contributed by atoms with E-state index in [4.69, 9.17) is 15.2 Å². The minimum absolute atomic E-state index is 0.0427. The number of rotatable bonds is 6. The molecule has 0 radical (unpaired) electrons. The van der Waals surface area contributed by atoms with Crippen LogP contribution in [0.4, 0.5) is 13.2 Å². The number of amides is 1. The Morgan fingerprint density at radius 2 is 1.91 bits per heavy atom. The highest BCUT2D eigenvalue weighted by atomic mass is 19.4. The Kier molecular flexibility index (Phi) is 5.70. The van der Waals surface area contributed by atoms with Gasteiger partial charge in [0.25, 0.3) is 5.91 Å². The van der Waals surface area contributed by atoms with E-state index in [1.807, 2.05) is 0 Å². The van der Waals surface area contributed by atoms with Crippen LogP contribution < -0.4 is 15.2 Å². The van der Waals surface area contributed by atoms with Crippen molar-refractivity contribution < 1.29 is 27.4 Å². The van der Waals surface area contributed by atoms with Crippen molar-refractivity contribution in [3.63, 3.8) is 0 Å². The lowest BCUT2D eigenvalue weighted by atomic mass is 10.1. The molecule has 0 unspecified atom stereocenters. The molecule has 0 spiro atoms. The Morgan fingerprint density at radius 1 is 1.26 bits per heavy atom. The lowest BCUT2D eigenvalue weighted by Crippen LogP contribution is -2.33. The summed E-state index contributed by atoms with van der Waals surface area (Å²) >= 11 is 0. The summed E-state index contributed by atoms with van der Waals surface area (Å²) in [6.45, 7) is 0.0786. The fourth-order valence-corrected chi connectivity index (χ4v) is 2.33. The first-order chi connectivity index (χ1) is 10.9. The first-order valence-electron chi connectivity index (χ1n) is 7.28. The SMILES string of the molecule is NC[C@H]1CCN(C(=O)COc2ccccc2OCC(F)(F)F)C1. The van der Waals surface area contributed by atoms with Gasteiger partial charge in [0.15, 0.2) is 24.7 Å². The molecule has 1 saturated heterocycles. The zero-order chi connectivity index (χ0) is 16.9. The maximum atomic E-state index is 12.2. The number of carbonyl (C=O) groups is 1.